The number of hydrogen-bond acceptors (Lipinski definition) is 1. The van der Waals surface area contributed by atoms with Crippen molar-refractivity contribution in [2.45, 2.75) is 90.4 Å². The molecule has 3 heteroatoms. The molecule has 178 valence electrons. The lowest BCUT2D eigenvalue weighted by Crippen LogP contribution is -2.12. The zero-order valence-corrected chi connectivity index (χ0v) is 20.3. The molecule has 0 radical (unpaired) electrons. The van der Waals surface area contributed by atoms with E-state index in [4.69, 9.17) is 4.74 Å². The van der Waals surface area contributed by atoms with Crippen LogP contribution in [0.1, 0.15) is 101 Å². The van der Waals surface area contributed by atoms with E-state index in [1.807, 2.05) is 0 Å². The van der Waals surface area contributed by atoms with E-state index in [9.17, 15) is 8.78 Å². The minimum Gasteiger partial charge on any atom is -0.490 e. The number of rotatable bonds is 10. The number of benzene rings is 2. The van der Waals surface area contributed by atoms with Gasteiger partial charge in [0.05, 0.1) is 12.2 Å². The highest BCUT2D eigenvalue weighted by atomic mass is 19.2. The fraction of sp³-hybridized carbons (Fsp3) is 0.533. The van der Waals surface area contributed by atoms with Crippen LogP contribution in [0.25, 0.3) is 0 Å². The SMILES string of the molecule is CCCCCOc1ccc(C#C[C@H]2CC[C@H](c3ccc(CCCCC)cc3)CC2)c(F)c1F. The van der Waals surface area contributed by atoms with E-state index < -0.39 is 11.6 Å². The predicted molar refractivity (Wildman–Crippen MR) is 133 cm³/mol. The van der Waals surface area contributed by atoms with Crippen LogP contribution in [0.15, 0.2) is 36.4 Å². The largest absolute Gasteiger partial charge is 0.490 e. The molecule has 3 rings (SSSR count). The molecular formula is C30H38F2O. The smallest absolute Gasteiger partial charge is 0.201 e. The number of unbranched alkanes of at least 4 members (excludes halogenated alkanes) is 4. The number of halogens is 2. The fourth-order valence-corrected chi connectivity index (χ4v) is 4.56. The van der Waals surface area contributed by atoms with Crippen molar-refractivity contribution < 1.29 is 13.5 Å². The van der Waals surface area contributed by atoms with Crippen LogP contribution >= 0.6 is 0 Å². The summed E-state index contributed by atoms with van der Waals surface area (Å²) in [7, 11) is 0. The second-order valence-electron chi connectivity index (χ2n) is 9.31. The maximum atomic E-state index is 14.4. The lowest BCUT2D eigenvalue weighted by molar-refractivity contribution is 0.286. The molecule has 0 atom stereocenters. The molecule has 0 saturated heterocycles. The maximum absolute atomic E-state index is 14.4. The number of aryl methyl sites for hydroxylation is 1. The lowest BCUT2D eigenvalue weighted by atomic mass is 9.78. The molecule has 1 aliphatic carbocycles. The van der Waals surface area contributed by atoms with Gasteiger partial charge < -0.3 is 4.74 Å². The molecular weight excluding hydrogens is 414 g/mol. The Labute approximate surface area is 198 Å². The van der Waals surface area contributed by atoms with Gasteiger partial charge >= 0.3 is 0 Å². The molecule has 0 amide bonds. The summed E-state index contributed by atoms with van der Waals surface area (Å²) in [5, 5.41) is 0. The first-order valence-electron chi connectivity index (χ1n) is 12.8. The monoisotopic (exact) mass is 452 g/mol. The van der Waals surface area contributed by atoms with E-state index in [1.165, 1.54) is 48.9 Å². The molecule has 0 unspecified atom stereocenters. The van der Waals surface area contributed by atoms with Gasteiger partial charge in [0.1, 0.15) is 0 Å². The predicted octanol–water partition coefficient (Wildman–Crippen LogP) is 8.59. The van der Waals surface area contributed by atoms with Crippen molar-refractivity contribution in [3.63, 3.8) is 0 Å². The van der Waals surface area contributed by atoms with Crippen molar-refractivity contribution in [1.29, 1.82) is 0 Å². The van der Waals surface area contributed by atoms with Crippen molar-refractivity contribution in [3.8, 4) is 17.6 Å². The lowest BCUT2D eigenvalue weighted by Gasteiger charge is -2.26. The van der Waals surface area contributed by atoms with Gasteiger partial charge in [0.2, 0.25) is 5.82 Å². The van der Waals surface area contributed by atoms with Crippen LogP contribution in [0.5, 0.6) is 5.75 Å². The Bertz CT molecular complexity index is 915. The highest BCUT2D eigenvalue weighted by molar-refractivity contribution is 5.41. The minimum atomic E-state index is -0.930. The van der Waals surface area contributed by atoms with Gasteiger partial charge in [0, 0.05) is 5.92 Å². The molecule has 1 nitrogen and oxygen atoms in total. The molecule has 0 heterocycles. The zero-order chi connectivity index (χ0) is 23.5. The summed E-state index contributed by atoms with van der Waals surface area (Å²) in [5.41, 5.74) is 2.97. The normalized spacial score (nSPS) is 17.9. The first kappa shape index (κ1) is 25.3. The first-order valence-corrected chi connectivity index (χ1v) is 12.8. The third kappa shape index (κ3) is 7.60. The summed E-state index contributed by atoms with van der Waals surface area (Å²) < 4.78 is 34.2. The van der Waals surface area contributed by atoms with Crippen LogP contribution in [-0.2, 0) is 6.42 Å². The van der Waals surface area contributed by atoms with Gasteiger partial charge in [-0.05, 0) is 74.1 Å². The quantitative estimate of drug-likeness (QED) is 0.259. The first-order chi connectivity index (χ1) is 16.1. The maximum Gasteiger partial charge on any atom is 0.201 e. The van der Waals surface area contributed by atoms with E-state index in [0.29, 0.717) is 12.5 Å². The van der Waals surface area contributed by atoms with Crippen LogP contribution in [-0.4, -0.2) is 6.61 Å². The van der Waals surface area contributed by atoms with Crippen molar-refractivity contribution in [1.82, 2.24) is 0 Å². The molecule has 0 N–H and O–H groups in total. The molecule has 0 aromatic heterocycles. The summed E-state index contributed by atoms with van der Waals surface area (Å²) in [6.07, 6.45) is 12.1. The van der Waals surface area contributed by atoms with Crippen LogP contribution < -0.4 is 4.74 Å². The Morgan fingerprint density at radius 3 is 2.21 bits per heavy atom. The van der Waals surface area contributed by atoms with E-state index in [-0.39, 0.29) is 17.2 Å². The van der Waals surface area contributed by atoms with Crippen molar-refractivity contribution in [2.75, 3.05) is 6.61 Å². The number of ether oxygens (including phenoxy) is 1. The third-order valence-corrected chi connectivity index (χ3v) is 6.71. The molecule has 1 fully saturated rings. The Morgan fingerprint density at radius 2 is 1.52 bits per heavy atom. The van der Waals surface area contributed by atoms with Crippen molar-refractivity contribution in [3.05, 3.63) is 64.7 Å². The Morgan fingerprint density at radius 1 is 0.818 bits per heavy atom. The standard InChI is InChI=1S/C30H38F2O/c1-3-5-7-9-23-10-15-25(16-11-23)26-17-12-24(13-18-26)14-19-27-20-21-28(30(32)29(27)31)33-22-8-6-4-2/h10-11,15-16,20-21,24,26H,3-9,12-13,17-18,22H2,1-2H3/t24-,26-. The zero-order valence-electron chi connectivity index (χ0n) is 20.3. The average molecular weight is 453 g/mol. The van der Waals surface area contributed by atoms with Gasteiger partial charge in [-0.15, -0.1) is 0 Å². The molecule has 1 aliphatic rings. The molecule has 0 aliphatic heterocycles. The topological polar surface area (TPSA) is 9.23 Å². The highest BCUT2D eigenvalue weighted by Gasteiger charge is 2.21. The second kappa shape index (κ2) is 13.4. The summed E-state index contributed by atoms with van der Waals surface area (Å²) in [4.78, 5) is 0. The molecule has 2 aromatic carbocycles. The van der Waals surface area contributed by atoms with E-state index in [2.05, 4.69) is 50.0 Å². The summed E-state index contributed by atoms with van der Waals surface area (Å²) in [6.45, 7) is 4.73. The second-order valence-corrected chi connectivity index (χ2v) is 9.31. The summed E-state index contributed by atoms with van der Waals surface area (Å²) in [5.74, 6) is 5.05. The Kier molecular flexibility index (Phi) is 10.3. The average Bonchev–Trinajstić information content (AvgIpc) is 2.85. The summed E-state index contributed by atoms with van der Waals surface area (Å²) in [6, 6.07) is 12.2. The molecule has 33 heavy (non-hydrogen) atoms. The summed E-state index contributed by atoms with van der Waals surface area (Å²) >= 11 is 0. The minimum absolute atomic E-state index is 0.0222. The fourth-order valence-electron chi connectivity index (χ4n) is 4.56. The molecule has 2 aromatic rings. The van der Waals surface area contributed by atoms with Crippen molar-refractivity contribution in [2.24, 2.45) is 5.92 Å². The van der Waals surface area contributed by atoms with Crippen LogP contribution in [0.3, 0.4) is 0 Å². The Hall–Kier alpha value is -2.34. The third-order valence-electron chi connectivity index (χ3n) is 6.71. The van der Waals surface area contributed by atoms with E-state index in [1.54, 1.807) is 0 Å². The highest BCUT2D eigenvalue weighted by Crippen LogP contribution is 2.35. The Balaban J connectivity index is 1.51. The van der Waals surface area contributed by atoms with E-state index in [0.717, 1.165) is 44.9 Å². The van der Waals surface area contributed by atoms with Crippen molar-refractivity contribution >= 4 is 0 Å². The molecule has 0 bridgehead atoms. The van der Waals surface area contributed by atoms with Gasteiger partial charge in [-0.1, -0.05) is 75.6 Å². The molecule has 1 saturated carbocycles. The van der Waals surface area contributed by atoms with Gasteiger partial charge in [-0.3, -0.25) is 0 Å². The number of hydrogen-bond donors (Lipinski definition) is 0. The van der Waals surface area contributed by atoms with Crippen LogP contribution in [0, 0.1) is 29.4 Å². The van der Waals surface area contributed by atoms with Gasteiger partial charge in [-0.2, -0.15) is 4.39 Å². The van der Waals surface area contributed by atoms with Crippen LogP contribution in [0.4, 0.5) is 8.78 Å². The van der Waals surface area contributed by atoms with Gasteiger partial charge in [-0.25, -0.2) is 4.39 Å². The van der Waals surface area contributed by atoms with Gasteiger partial charge in [0.15, 0.2) is 11.6 Å². The van der Waals surface area contributed by atoms with Gasteiger partial charge in [0.25, 0.3) is 0 Å². The van der Waals surface area contributed by atoms with E-state index >= 15 is 0 Å². The molecule has 0 spiro atoms. The van der Waals surface area contributed by atoms with Crippen LogP contribution in [0.2, 0.25) is 0 Å².